The first kappa shape index (κ1) is 20.1. The number of amides is 2. The van der Waals surface area contributed by atoms with Crippen LogP contribution in [0.4, 0.5) is 4.39 Å². The SMILES string of the molecule is C[C@@H](OC(=O)CNC(=O)c1ccccc1F)C(=O)N(C)Cc1ccccc1. The first-order valence-corrected chi connectivity index (χ1v) is 8.39. The Labute approximate surface area is 156 Å². The standard InChI is InChI=1S/C20H21FN2O4/c1-14(20(26)23(2)13-15-8-4-3-5-9-15)27-18(24)12-22-19(25)16-10-6-7-11-17(16)21/h3-11,14H,12-13H2,1-2H3,(H,22,25)/t14-/m1/s1. The highest BCUT2D eigenvalue weighted by Gasteiger charge is 2.22. The average molecular weight is 372 g/mol. The van der Waals surface area contributed by atoms with E-state index in [2.05, 4.69) is 5.32 Å². The number of nitrogens with one attached hydrogen (secondary N) is 1. The van der Waals surface area contributed by atoms with Crippen LogP contribution in [-0.2, 0) is 20.9 Å². The Morgan fingerprint density at radius 1 is 1.07 bits per heavy atom. The van der Waals surface area contributed by atoms with E-state index in [1.807, 2.05) is 30.3 Å². The van der Waals surface area contributed by atoms with Crippen LogP contribution in [0.1, 0.15) is 22.8 Å². The molecule has 0 unspecified atom stereocenters. The van der Waals surface area contributed by atoms with Crippen molar-refractivity contribution in [1.29, 1.82) is 0 Å². The molecular formula is C20H21FN2O4. The van der Waals surface area contributed by atoms with Crippen molar-refractivity contribution >= 4 is 17.8 Å². The van der Waals surface area contributed by atoms with Crippen LogP contribution in [0.25, 0.3) is 0 Å². The highest BCUT2D eigenvalue weighted by molar-refractivity contribution is 5.96. The van der Waals surface area contributed by atoms with Crippen LogP contribution in [0.5, 0.6) is 0 Å². The molecule has 0 radical (unpaired) electrons. The second kappa shape index (κ2) is 9.47. The van der Waals surface area contributed by atoms with E-state index in [0.717, 1.165) is 11.6 Å². The Balaban J connectivity index is 1.81. The van der Waals surface area contributed by atoms with Gasteiger partial charge in [0.1, 0.15) is 12.4 Å². The van der Waals surface area contributed by atoms with Gasteiger partial charge in [0.05, 0.1) is 5.56 Å². The van der Waals surface area contributed by atoms with Crippen molar-refractivity contribution in [3.63, 3.8) is 0 Å². The summed E-state index contributed by atoms with van der Waals surface area (Å²) in [6, 6.07) is 14.8. The molecule has 6 nitrogen and oxygen atoms in total. The lowest BCUT2D eigenvalue weighted by Gasteiger charge is -2.21. The third kappa shape index (κ3) is 5.91. The molecule has 27 heavy (non-hydrogen) atoms. The van der Waals surface area contributed by atoms with Gasteiger partial charge >= 0.3 is 5.97 Å². The van der Waals surface area contributed by atoms with Crippen molar-refractivity contribution < 1.29 is 23.5 Å². The molecular weight excluding hydrogens is 351 g/mol. The number of nitrogens with zero attached hydrogens (tertiary/aromatic N) is 1. The van der Waals surface area contributed by atoms with Crippen molar-refractivity contribution in [2.75, 3.05) is 13.6 Å². The largest absolute Gasteiger partial charge is 0.451 e. The molecule has 1 N–H and O–H groups in total. The predicted molar refractivity (Wildman–Crippen MR) is 97.2 cm³/mol. The molecule has 0 aliphatic rings. The molecule has 2 aromatic rings. The summed E-state index contributed by atoms with van der Waals surface area (Å²) in [6.45, 7) is 1.37. The minimum atomic E-state index is -1.00. The summed E-state index contributed by atoms with van der Waals surface area (Å²) in [6.07, 6.45) is -1.00. The summed E-state index contributed by atoms with van der Waals surface area (Å²) < 4.78 is 18.6. The third-order valence-corrected chi connectivity index (χ3v) is 3.81. The second-order valence-corrected chi connectivity index (χ2v) is 5.97. The van der Waals surface area contributed by atoms with Gasteiger partial charge in [0.2, 0.25) is 0 Å². The maximum atomic E-state index is 13.5. The minimum absolute atomic E-state index is 0.169. The number of halogens is 1. The van der Waals surface area contributed by atoms with E-state index in [9.17, 15) is 18.8 Å². The Bertz CT molecular complexity index is 811. The summed E-state index contributed by atoms with van der Waals surface area (Å²) in [5.41, 5.74) is 0.779. The number of hydrogen-bond acceptors (Lipinski definition) is 4. The van der Waals surface area contributed by atoms with E-state index < -0.39 is 30.3 Å². The third-order valence-electron chi connectivity index (χ3n) is 3.81. The van der Waals surface area contributed by atoms with E-state index in [1.54, 1.807) is 7.05 Å². The van der Waals surface area contributed by atoms with Gasteiger partial charge in [-0.05, 0) is 24.6 Å². The monoisotopic (exact) mass is 372 g/mol. The number of esters is 1. The van der Waals surface area contributed by atoms with Crippen LogP contribution in [-0.4, -0.2) is 42.4 Å². The molecule has 142 valence electrons. The summed E-state index contributed by atoms with van der Waals surface area (Å²) in [4.78, 5) is 37.5. The van der Waals surface area contributed by atoms with Crippen LogP contribution >= 0.6 is 0 Å². The molecule has 7 heteroatoms. The number of carbonyl (C=O) groups excluding carboxylic acids is 3. The van der Waals surface area contributed by atoms with Crippen molar-refractivity contribution in [2.24, 2.45) is 0 Å². The summed E-state index contributed by atoms with van der Waals surface area (Å²) in [5.74, 6) is -2.57. The quantitative estimate of drug-likeness (QED) is 0.756. The molecule has 0 aromatic heterocycles. The lowest BCUT2D eigenvalue weighted by atomic mass is 10.2. The van der Waals surface area contributed by atoms with Gasteiger partial charge in [0, 0.05) is 13.6 Å². The van der Waals surface area contributed by atoms with E-state index in [4.69, 9.17) is 4.74 Å². The number of hydrogen-bond donors (Lipinski definition) is 1. The maximum Gasteiger partial charge on any atom is 0.326 e. The summed E-state index contributed by atoms with van der Waals surface area (Å²) in [5, 5.41) is 2.27. The lowest BCUT2D eigenvalue weighted by Crippen LogP contribution is -2.39. The molecule has 0 saturated heterocycles. The van der Waals surface area contributed by atoms with Gasteiger partial charge < -0.3 is 15.0 Å². The zero-order chi connectivity index (χ0) is 19.8. The Kier molecular flexibility index (Phi) is 7.05. The van der Waals surface area contributed by atoms with Crippen molar-refractivity contribution in [3.05, 3.63) is 71.5 Å². The first-order chi connectivity index (χ1) is 12.9. The van der Waals surface area contributed by atoms with E-state index in [1.165, 1.54) is 30.0 Å². The maximum absolute atomic E-state index is 13.5. The number of likely N-dealkylation sites (N-methyl/N-ethyl adjacent to an activating group) is 1. The Morgan fingerprint density at radius 2 is 1.70 bits per heavy atom. The summed E-state index contributed by atoms with van der Waals surface area (Å²) in [7, 11) is 1.61. The normalized spacial score (nSPS) is 11.4. The van der Waals surface area contributed by atoms with Gasteiger partial charge in [-0.2, -0.15) is 0 Å². The number of rotatable bonds is 7. The Morgan fingerprint density at radius 3 is 2.37 bits per heavy atom. The van der Waals surface area contributed by atoms with E-state index in [0.29, 0.717) is 6.54 Å². The molecule has 0 heterocycles. The lowest BCUT2D eigenvalue weighted by molar-refractivity contribution is -0.157. The van der Waals surface area contributed by atoms with Crippen LogP contribution in [0, 0.1) is 5.82 Å². The predicted octanol–water partition coefficient (Wildman–Crippen LogP) is 2.15. The topological polar surface area (TPSA) is 75.7 Å². The van der Waals surface area contributed by atoms with Gasteiger partial charge in [-0.15, -0.1) is 0 Å². The molecule has 0 fully saturated rings. The van der Waals surface area contributed by atoms with Crippen molar-refractivity contribution in [2.45, 2.75) is 19.6 Å². The van der Waals surface area contributed by atoms with Gasteiger partial charge in [-0.25, -0.2) is 4.39 Å². The van der Waals surface area contributed by atoms with Crippen LogP contribution in [0.15, 0.2) is 54.6 Å². The van der Waals surface area contributed by atoms with E-state index >= 15 is 0 Å². The zero-order valence-corrected chi connectivity index (χ0v) is 15.1. The van der Waals surface area contributed by atoms with Gasteiger partial charge in [-0.3, -0.25) is 14.4 Å². The average Bonchev–Trinajstić information content (AvgIpc) is 2.66. The van der Waals surface area contributed by atoms with Gasteiger partial charge in [0.15, 0.2) is 6.10 Å². The fourth-order valence-corrected chi connectivity index (χ4v) is 2.43. The van der Waals surface area contributed by atoms with Gasteiger partial charge in [-0.1, -0.05) is 42.5 Å². The molecule has 0 bridgehead atoms. The Hall–Kier alpha value is -3.22. The molecule has 1 atom stereocenters. The summed E-state index contributed by atoms with van der Waals surface area (Å²) >= 11 is 0. The molecule has 0 aliphatic carbocycles. The fourth-order valence-electron chi connectivity index (χ4n) is 2.43. The molecule has 0 saturated carbocycles. The number of ether oxygens (including phenoxy) is 1. The molecule has 0 aliphatic heterocycles. The molecule has 2 aromatic carbocycles. The van der Waals surface area contributed by atoms with Crippen molar-refractivity contribution in [1.82, 2.24) is 10.2 Å². The van der Waals surface area contributed by atoms with Crippen LogP contribution < -0.4 is 5.32 Å². The fraction of sp³-hybridized carbons (Fsp3) is 0.250. The van der Waals surface area contributed by atoms with Crippen LogP contribution in [0.3, 0.4) is 0 Å². The highest BCUT2D eigenvalue weighted by atomic mass is 19.1. The second-order valence-electron chi connectivity index (χ2n) is 5.97. The van der Waals surface area contributed by atoms with Crippen molar-refractivity contribution in [3.8, 4) is 0 Å². The smallest absolute Gasteiger partial charge is 0.326 e. The highest BCUT2D eigenvalue weighted by Crippen LogP contribution is 2.07. The zero-order valence-electron chi connectivity index (χ0n) is 15.1. The molecule has 0 spiro atoms. The first-order valence-electron chi connectivity index (χ1n) is 8.39. The van der Waals surface area contributed by atoms with Gasteiger partial charge in [0.25, 0.3) is 11.8 Å². The number of benzene rings is 2. The molecule has 2 amide bonds. The van der Waals surface area contributed by atoms with E-state index in [-0.39, 0.29) is 11.5 Å². The van der Waals surface area contributed by atoms with Crippen LogP contribution in [0.2, 0.25) is 0 Å². The molecule has 2 rings (SSSR count). The minimum Gasteiger partial charge on any atom is -0.451 e. The number of carbonyl (C=O) groups is 3.